The van der Waals surface area contributed by atoms with Gasteiger partial charge in [-0.15, -0.1) is 0 Å². The summed E-state index contributed by atoms with van der Waals surface area (Å²) in [5.74, 6) is 2.69. The van der Waals surface area contributed by atoms with Crippen LogP contribution in [0.25, 0.3) is 0 Å². The van der Waals surface area contributed by atoms with E-state index in [0.717, 1.165) is 24.3 Å². The van der Waals surface area contributed by atoms with Crippen molar-refractivity contribution in [2.45, 2.75) is 45.4 Å². The van der Waals surface area contributed by atoms with E-state index in [0.29, 0.717) is 18.5 Å². The van der Waals surface area contributed by atoms with Crippen molar-refractivity contribution in [3.63, 3.8) is 0 Å². The maximum absolute atomic E-state index is 11.8. The second-order valence-corrected chi connectivity index (χ2v) is 7.51. The molecule has 5 nitrogen and oxygen atoms in total. The van der Waals surface area contributed by atoms with Gasteiger partial charge < -0.3 is 16.0 Å². The molecule has 5 heteroatoms. The van der Waals surface area contributed by atoms with Gasteiger partial charge in [-0.25, -0.2) is 4.79 Å². The maximum Gasteiger partial charge on any atom is 0.314 e. The van der Waals surface area contributed by atoms with Gasteiger partial charge in [-0.3, -0.25) is 4.79 Å². The van der Waals surface area contributed by atoms with E-state index in [-0.39, 0.29) is 11.9 Å². The zero-order chi connectivity index (χ0) is 14.9. The van der Waals surface area contributed by atoms with Crippen LogP contribution in [0.5, 0.6) is 0 Å². The summed E-state index contributed by atoms with van der Waals surface area (Å²) < 4.78 is 0. The van der Waals surface area contributed by atoms with Crippen molar-refractivity contribution >= 4 is 11.9 Å². The minimum atomic E-state index is -0.101. The SMILES string of the molecule is CC(=O)NCCNC(=O)NCC12CC3CC(CC(C3)C1)C2. The molecular weight excluding hydrogens is 266 g/mol. The first-order chi connectivity index (χ1) is 10.0. The van der Waals surface area contributed by atoms with Gasteiger partial charge in [0.2, 0.25) is 5.91 Å². The topological polar surface area (TPSA) is 70.2 Å². The molecule has 0 saturated heterocycles. The molecule has 3 amide bonds. The predicted octanol–water partition coefficient (Wildman–Crippen LogP) is 1.64. The van der Waals surface area contributed by atoms with Gasteiger partial charge in [0.25, 0.3) is 0 Å². The van der Waals surface area contributed by atoms with Crippen LogP contribution in [0.4, 0.5) is 4.79 Å². The normalized spacial score (nSPS) is 36.3. The quantitative estimate of drug-likeness (QED) is 0.674. The Morgan fingerprint density at radius 3 is 1.95 bits per heavy atom. The molecule has 3 N–H and O–H groups in total. The summed E-state index contributed by atoms with van der Waals surface area (Å²) in [7, 11) is 0. The fraction of sp³-hybridized carbons (Fsp3) is 0.875. The Labute approximate surface area is 126 Å². The summed E-state index contributed by atoms with van der Waals surface area (Å²) in [5, 5.41) is 8.54. The van der Waals surface area contributed by atoms with Gasteiger partial charge in [-0.05, 0) is 61.7 Å². The summed E-state index contributed by atoms with van der Waals surface area (Å²) in [6.45, 7) is 3.27. The van der Waals surface area contributed by atoms with Gasteiger partial charge in [0.1, 0.15) is 0 Å². The first-order valence-electron chi connectivity index (χ1n) is 8.31. The molecule has 0 unspecified atom stereocenters. The standard InChI is InChI=1S/C16H27N3O2/c1-11(20)17-2-3-18-15(21)19-10-16-7-12-4-13(8-16)6-14(5-12)9-16/h12-14H,2-10H2,1H3,(H,17,20)(H2,18,19,21). The molecular formula is C16H27N3O2. The Hall–Kier alpha value is -1.26. The van der Waals surface area contributed by atoms with Crippen LogP contribution < -0.4 is 16.0 Å². The molecule has 4 bridgehead atoms. The van der Waals surface area contributed by atoms with Gasteiger partial charge in [-0.2, -0.15) is 0 Å². The highest BCUT2D eigenvalue weighted by Gasteiger charge is 2.50. The molecule has 0 aromatic heterocycles. The van der Waals surface area contributed by atoms with E-state index in [4.69, 9.17) is 0 Å². The zero-order valence-electron chi connectivity index (χ0n) is 12.9. The van der Waals surface area contributed by atoms with Crippen molar-refractivity contribution in [1.82, 2.24) is 16.0 Å². The number of rotatable bonds is 5. The van der Waals surface area contributed by atoms with Crippen molar-refractivity contribution in [2.24, 2.45) is 23.2 Å². The van der Waals surface area contributed by atoms with E-state index < -0.39 is 0 Å². The molecule has 4 fully saturated rings. The lowest BCUT2D eigenvalue weighted by Gasteiger charge is -2.56. The lowest BCUT2D eigenvalue weighted by atomic mass is 9.49. The summed E-state index contributed by atoms with van der Waals surface area (Å²) in [6.07, 6.45) is 8.23. The molecule has 0 radical (unpaired) electrons. The van der Waals surface area contributed by atoms with Gasteiger partial charge >= 0.3 is 6.03 Å². The number of carbonyl (C=O) groups is 2. The van der Waals surface area contributed by atoms with Gasteiger partial charge in [0, 0.05) is 26.6 Å². The Morgan fingerprint density at radius 2 is 1.43 bits per heavy atom. The van der Waals surface area contributed by atoms with Crippen molar-refractivity contribution in [2.75, 3.05) is 19.6 Å². The number of amides is 3. The van der Waals surface area contributed by atoms with E-state index in [2.05, 4.69) is 16.0 Å². The summed E-state index contributed by atoms with van der Waals surface area (Å²) in [6, 6.07) is -0.101. The molecule has 0 heterocycles. The molecule has 0 aliphatic heterocycles. The second kappa shape index (κ2) is 5.85. The summed E-state index contributed by atoms with van der Waals surface area (Å²) in [5.41, 5.74) is 0.379. The smallest absolute Gasteiger partial charge is 0.314 e. The van der Waals surface area contributed by atoms with Crippen LogP contribution in [-0.2, 0) is 4.79 Å². The number of urea groups is 1. The minimum Gasteiger partial charge on any atom is -0.355 e. The molecule has 0 aromatic carbocycles. The number of nitrogens with one attached hydrogen (secondary N) is 3. The van der Waals surface area contributed by atoms with Crippen molar-refractivity contribution in [3.05, 3.63) is 0 Å². The van der Waals surface area contributed by atoms with Crippen LogP contribution >= 0.6 is 0 Å². The third-order valence-corrected chi connectivity index (χ3v) is 5.57. The van der Waals surface area contributed by atoms with Crippen molar-refractivity contribution < 1.29 is 9.59 Å². The molecule has 118 valence electrons. The second-order valence-electron chi connectivity index (χ2n) is 7.51. The summed E-state index contributed by atoms with van der Waals surface area (Å²) in [4.78, 5) is 22.6. The average Bonchev–Trinajstić information content (AvgIpc) is 2.40. The maximum atomic E-state index is 11.8. The van der Waals surface area contributed by atoms with Crippen molar-refractivity contribution in [3.8, 4) is 0 Å². The van der Waals surface area contributed by atoms with E-state index in [1.54, 1.807) is 0 Å². The largest absolute Gasteiger partial charge is 0.355 e. The van der Waals surface area contributed by atoms with Crippen molar-refractivity contribution in [1.29, 1.82) is 0 Å². The summed E-state index contributed by atoms with van der Waals surface area (Å²) >= 11 is 0. The molecule has 0 spiro atoms. The lowest BCUT2D eigenvalue weighted by molar-refractivity contribution is -0.118. The van der Waals surface area contributed by atoms with Gasteiger partial charge in [-0.1, -0.05) is 0 Å². The molecule has 0 atom stereocenters. The van der Waals surface area contributed by atoms with Gasteiger partial charge in [0.15, 0.2) is 0 Å². The zero-order valence-corrected chi connectivity index (χ0v) is 12.9. The third-order valence-electron chi connectivity index (χ3n) is 5.57. The predicted molar refractivity (Wildman–Crippen MR) is 80.7 cm³/mol. The van der Waals surface area contributed by atoms with E-state index in [1.165, 1.54) is 45.4 Å². The Morgan fingerprint density at radius 1 is 0.905 bits per heavy atom. The van der Waals surface area contributed by atoms with Crippen LogP contribution in [0.2, 0.25) is 0 Å². The monoisotopic (exact) mass is 293 g/mol. The average molecular weight is 293 g/mol. The Kier molecular flexibility index (Phi) is 4.09. The van der Waals surface area contributed by atoms with E-state index in [1.807, 2.05) is 0 Å². The van der Waals surface area contributed by atoms with Gasteiger partial charge in [0.05, 0.1) is 0 Å². The van der Waals surface area contributed by atoms with E-state index in [9.17, 15) is 9.59 Å². The third kappa shape index (κ3) is 3.50. The fourth-order valence-corrected chi connectivity index (χ4v) is 5.25. The Balaban J connectivity index is 1.40. The first-order valence-corrected chi connectivity index (χ1v) is 8.31. The number of carbonyl (C=O) groups excluding carboxylic acids is 2. The van der Waals surface area contributed by atoms with Crippen LogP contribution in [0.15, 0.2) is 0 Å². The van der Waals surface area contributed by atoms with Crippen LogP contribution in [-0.4, -0.2) is 31.6 Å². The fourth-order valence-electron chi connectivity index (χ4n) is 5.25. The minimum absolute atomic E-state index is 0.0641. The van der Waals surface area contributed by atoms with E-state index >= 15 is 0 Å². The van der Waals surface area contributed by atoms with Crippen LogP contribution in [0, 0.1) is 23.2 Å². The highest BCUT2D eigenvalue weighted by atomic mass is 16.2. The molecule has 4 saturated carbocycles. The number of hydrogen-bond donors (Lipinski definition) is 3. The molecule has 4 aliphatic rings. The highest BCUT2D eigenvalue weighted by molar-refractivity contribution is 5.74. The molecule has 21 heavy (non-hydrogen) atoms. The highest BCUT2D eigenvalue weighted by Crippen LogP contribution is 2.59. The molecule has 4 rings (SSSR count). The van der Waals surface area contributed by atoms with Crippen LogP contribution in [0.1, 0.15) is 45.4 Å². The molecule has 4 aliphatic carbocycles. The molecule has 0 aromatic rings. The Bertz CT molecular complexity index is 386. The number of hydrogen-bond acceptors (Lipinski definition) is 2. The first kappa shape index (κ1) is 14.7. The van der Waals surface area contributed by atoms with Crippen LogP contribution in [0.3, 0.4) is 0 Å². The lowest BCUT2D eigenvalue weighted by Crippen LogP contribution is -2.52.